The van der Waals surface area contributed by atoms with Crippen LogP contribution in [0.3, 0.4) is 0 Å². The van der Waals surface area contributed by atoms with E-state index in [9.17, 15) is 4.79 Å². The number of hydrogen-bond donors (Lipinski definition) is 1. The van der Waals surface area contributed by atoms with Crippen LogP contribution in [0.4, 0.5) is 0 Å². The third-order valence-corrected chi connectivity index (χ3v) is 4.29. The summed E-state index contributed by atoms with van der Waals surface area (Å²) in [7, 11) is 1.62. The predicted octanol–water partition coefficient (Wildman–Crippen LogP) is 2.01. The Kier molecular flexibility index (Phi) is 5.43. The third-order valence-electron chi connectivity index (χ3n) is 4.29. The van der Waals surface area contributed by atoms with Crippen LogP contribution < -0.4 is 10.1 Å². The number of pyridine rings is 1. The van der Waals surface area contributed by atoms with Crippen molar-refractivity contribution in [2.24, 2.45) is 5.92 Å². The highest BCUT2D eigenvalue weighted by Gasteiger charge is 2.29. The summed E-state index contributed by atoms with van der Waals surface area (Å²) >= 11 is 0. The predicted molar refractivity (Wildman–Crippen MR) is 90.9 cm³/mol. The molecule has 0 spiro atoms. The van der Waals surface area contributed by atoms with E-state index in [1.54, 1.807) is 19.5 Å². The molecule has 0 unspecified atom stereocenters. The topological polar surface area (TPSA) is 60.5 Å². The fraction of sp³-hybridized carbons (Fsp3) is 0.368. The Hall–Kier alpha value is -2.40. The van der Waals surface area contributed by atoms with E-state index in [0.29, 0.717) is 25.6 Å². The van der Waals surface area contributed by atoms with E-state index in [0.717, 1.165) is 17.7 Å². The van der Waals surface area contributed by atoms with Gasteiger partial charge in [0.2, 0.25) is 5.91 Å². The normalized spacial score (nSPS) is 19.9. The van der Waals surface area contributed by atoms with Crippen molar-refractivity contribution in [2.75, 3.05) is 20.3 Å². The van der Waals surface area contributed by atoms with Crippen LogP contribution in [0.25, 0.3) is 0 Å². The van der Waals surface area contributed by atoms with Gasteiger partial charge in [0, 0.05) is 18.3 Å². The van der Waals surface area contributed by atoms with Gasteiger partial charge in [-0.3, -0.25) is 9.78 Å². The monoisotopic (exact) mass is 326 g/mol. The van der Waals surface area contributed by atoms with Crippen LogP contribution in [0.15, 0.2) is 48.8 Å². The highest BCUT2D eigenvalue weighted by molar-refractivity contribution is 5.79. The van der Waals surface area contributed by atoms with Crippen molar-refractivity contribution in [2.45, 2.75) is 18.9 Å². The number of hydrogen-bond acceptors (Lipinski definition) is 4. The molecule has 24 heavy (non-hydrogen) atoms. The van der Waals surface area contributed by atoms with E-state index in [-0.39, 0.29) is 11.9 Å². The molecule has 1 amide bonds. The quantitative estimate of drug-likeness (QED) is 0.882. The van der Waals surface area contributed by atoms with E-state index in [4.69, 9.17) is 9.47 Å². The van der Waals surface area contributed by atoms with Gasteiger partial charge in [-0.1, -0.05) is 12.1 Å². The van der Waals surface area contributed by atoms with Crippen LogP contribution >= 0.6 is 0 Å². The van der Waals surface area contributed by atoms with Gasteiger partial charge in [0.05, 0.1) is 32.8 Å². The summed E-state index contributed by atoms with van der Waals surface area (Å²) in [6.07, 6.45) is 4.81. The SMILES string of the molecule is COc1cccc(CC(=O)N[C@H]2COC[C@H]2Cc2ccncc2)c1. The third kappa shape index (κ3) is 4.32. The van der Waals surface area contributed by atoms with Crippen LogP contribution in [0.2, 0.25) is 0 Å². The summed E-state index contributed by atoms with van der Waals surface area (Å²) in [5.74, 6) is 1.07. The van der Waals surface area contributed by atoms with Crippen LogP contribution in [0.5, 0.6) is 5.75 Å². The molecule has 1 aliphatic rings. The Morgan fingerprint density at radius 3 is 2.88 bits per heavy atom. The zero-order valence-electron chi connectivity index (χ0n) is 13.8. The Balaban J connectivity index is 1.56. The molecule has 0 aliphatic carbocycles. The summed E-state index contributed by atoms with van der Waals surface area (Å²) in [5, 5.41) is 3.11. The maximum atomic E-state index is 12.3. The number of methoxy groups -OCH3 is 1. The molecule has 2 aromatic rings. The van der Waals surface area contributed by atoms with Crippen molar-refractivity contribution in [3.05, 3.63) is 59.9 Å². The molecular weight excluding hydrogens is 304 g/mol. The Bertz CT molecular complexity index is 675. The van der Waals surface area contributed by atoms with E-state index in [2.05, 4.69) is 10.3 Å². The molecule has 126 valence electrons. The fourth-order valence-corrected chi connectivity index (χ4v) is 3.01. The van der Waals surface area contributed by atoms with Crippen molar-refractivity contribution in [3.63, 3.8) is 0 Å². The highest BCUT2D eigenvalue weighted by atomic mass is 16.5. The van der Waals surface area contributed by atoms with Crippen molar-refractivity contribution in [1.29, 1.82) is 0 Å². The number of nitrogens with one attached hydrogen (secondary N) is 1. The first-order chi connectivity index (χ1) is 11.7. The lowest BCUT2D eigenvalue weighted by Crippen LogP contribution is -2.41. The molecule has 5 nitrogen and oxygen atoms in total. The number of aromatic nitrogens is 1. The number of carbonyl (C=O) groups excluding carboxylic acids is 1. The molecular formula is C19H22N2O3. The molecule has 3 rings (SSSR count). The Morgan fingerprint density at radius 1 is 1.25 bits per heavy atom. The van der Waals surface area contributed by atoms with Gasteiger partial charge < -0.3 is 14.8 Å². The molecule has 2 atom stereocenters. The lowest BCUT2D eigenvalue weighted by Gasteiger charge is -2.19. The van der Waals surface area contributed by atoms with E-state index >= 15 is 0 Å². The molecule has 0 radical (unpaired) electrons. The van der Waals surface area contributed by atoms with Gasteiger partial charge >= 0.3 is 0 Å². The van der Waals surface area contributed by atoms with Crippen molar-refractivity contribution in [1.82, 2.24) is 10.3 Å². The van der Waals surface area contributed by atoms with Crippen molar-refractivity contribution in [3.8, 4) is 5.75 Å². The molecule has 0 saturated carbocycles. The lowest BCUT2D eigenvalue weighted by atomic mass is 9.95. The average molecular weight is 326 g/mol. The molecule has 1 aromatic carbocycles. The molecule has 0 bridgehead atoms. The minimum absolute atomic E-state index is 0.0125. The number of rotatable bonds is 6. The summed E-state index contributed by atoms with van der Waals surface area (Å²) in [6.45, 7) is 1.24. The minimum Gasteiger partial charge on any atom is -0.497 e. The standard InChI is InChI=1S/C19H22N2O3/c1-23-17-4-2-3-15(10-17)11-19(22)21-18-13-24-12-16(18)9-14-5-7-20-8-6-14/h2-8,10,16,18H,9,11-13H2,1H3,(H,21,22)/t16-,18+/m1/s1. The number of carbonyl (C=O) groups is 1. The maximum Gasteiger partial charge on any atom is 0.224 e. The first kappa shape index (κ1) is 16.5. The molecule has 2 heterocycles. The Labute approximate surface area is 142 Å². The smallest absolute Gasteiger partial charge is 0.224 e. The van der Waals surface area contributed by atoms with Crippen molar-refractivity contribution >= 4 is 5.91 Å². The minimum atomic E-state index is 0.0125. The first-order valence-electron chi connectivity index (χ1n) is 8.13. The lowest BCUT2D eigenvalue weighted by molar-refractivity contribution is -0.121. The number of amides is 1. The van der Waals surface area contributed by atoms with Crippen LogP contribution in [-0.4, -0.2) is 37.3 Å². The maximum absolute atomic E-state index is 12.3. The van der Waals surface area contributed by atoms with Gasteiger partial charge in [-0.05, 0) is 41.8 Å². The fourth-order valence-electron chi connectivity index (χ4n) is 3.01. The molecule has 1 aliphatic heterocycles. The average Bonchev–Trinajstić information content (AvgIpc) is 3.02. The van der Waals surface area contributed by atoms with E-state index < -0.39 is 0 Å². The van der Waals surface area contributed by atoms with Gasteiger partial charge in [0.15, 0.2) is 0 Å². The second-order valence-electron chi connectivity index (χ2n) is 6.06. The summed E-state index contributed by atoms with van der Waals surface area (Å²) < 4.78 is 10.8. The van der Waals surface area contributed by atoms with Crippen LogP contribution in [-0.2, 0) is 22.4 Å². The molecule has 1 aromatic heterocycles. The van der Waals surface area contributed by atoms with Gasteiger partial charge in [-0.25, -0.2) is 0 Å². The van der Waals surface area contributed by atoms with E-state index in [1.165, 1.54) is 5.56 Å². The summed E-state index contributed by atoms with van der Waals surface area (Å²) in [6, 6.07) is 11.7. The van der Waals surface area contributed by atoms with E-state index in [1.807, 2.05) is 36.4 Å². The van der Waals surface area contributed by atoms with Crippen LogP contribution in [0.1, 0.15) is 11.1 Å². The molecule has 1 N–H and O–H groups in total. The van der Waals surface area contributed by atoms with Gasteiger partial charge in [-0.15, -0.1) is 0 Å². The van der Waals surface area contributed by atoms with Crippen molar-refractivity contribution < 1.29 is 14.3 Å². The Morgan fingerprint density at radius 2 is 2.08 bits per heavy atom. The van der Waals surface area contributed by atoms with Gasteiger partial charge in [0.25, 0.3) is 0 Å². The number of ether oxygens (including phenoxy) is 2. The second-order valence-corrected chi connectivity index (χ2v) is 6.06. The zero-order chi connectivity index (χ0) is 16.8. The van der Waals surface area contributed by atoms with Gasteiger partial charge in [0.1, 0.15) is 5.75 Å². The highest BCUT2D eigenvalue weighted by Crippen LogP contribution is 2.19. The molecule has 5 heteroatoms. The summed E-state index contributed by atoms with van der Waals surface area (Å²) in [5.41, 5.74) is 2.16. The zero-order valence-corrected chi connectivity index (χ0v) is 13.8. The van der Waals surface area contributed by atoms with Gasteiger partial charge in [-0.2, -0.15) is 0 Å². The number of nitrogens with zero attached hydrogens (tertiary/aromatic N) is 1. The summed E-state index contributed by atoms with van der Waals surface area (Å²) in [4.78, 5) is 16.4. The number of benzene rings is 1. The second kappa shape index (κ2) is 7.93. The van der Waals surface area contributed by atoms with Crippen LogP contribution in [0, 0.1) is 5.92 Å². The first-order valence-corrected chi connectivity index (χ1v) is 8.13. The molecule has 1 fully saturated rings. The largest absolute Gasteiger partial charge is 0.497 e. The molecule has 1 saturated heterocycles.